The normalized spacial score (nSPS) is 15.2. The summed E-state index contributed by atoms with van der Waals surface area (Å²) in [6, 6.07) is 13.4. The molecule has 1 fully saturated rings. The number of hydrogen-bond donors (Lipinski definition) is 1. The molecule has 0 unspecified atom stereocenters. The molecule has 29 heavy (non-hydrogen) atoms. The van der Waals surface area contributed by atoms with E-state index in [-0.39, 0.29) is 4.90 Å². The number of nitrogens with zero attached hydrogens (tertiary/aromatic N) is 2. The molecule has 1 N–H and O–H groups in total. The smallest absolute Gasteiger partial charge is 0.271 e. The van der Waals surface area contributed by atoms with Crippen molar-refractivity contribution in [2.24, 2.45) is 5.10 Å². The van der Waals surface area contributed by atoms with Gasteiger partial charge < -0.3 is 4.74 Å². The van der Waals surface area contributed by atoms with Gasteiger partial charge in [0.1, 0.15) is 5.75 Å². The highest BCUT2D eigenvalue weighted by molar-refractivity contribution is 7.89. The Balaban J connectivity index is 1.58. The molecule has 0 aliphatic carbocycles. The van der Waals surface area contributed by atoms with Crippen LogP contribution in [0.1, 0.15) is 28.8 Å². The zero-order valence-electron chi connectivity index (χ0n) is 16.1. The van der Waals surface area contributed by atoms with Gasteiger partial charge in [-0.05, 0) is 55.3 Å². The summed E-state index contributed by atoms with van der Waals surface area (Å²) >= 11 is 0. The van der Waals surface area contributed by atoms with Crippen LogP contribution < -0.4 is 10.2 Å². The quantitative estimate of drug-likeness (QED) is 0.558. The highest BCUT2D eigenvalue weighted by Crippen LogP contribution is 2.21. The van der Waals surface area contributed by atoms with E-state index in [0.717, 1.165) is 24.2 Å². The first kappa shape index (κ1) is 20.8. The summed E-state index contributed by atoms with van der Waals surface area (Å²) in [5.41, 5.74) is 3.64. The molecule has 1 aliphatic rings. The number of nitrogens with one attached hydrogen (secondary N) is 1. The molecular formula is C21H23N3O4S. The van der Waals surface area contributed by atoms with Gasteiger partial charge in [-0.2, -0.15) is 9.41 Å². The average molecular weight is 413 g/mol. The molecule has 1 amide bonds. The first-order valence-corrected chi connectivity index (χ1v) is 10.7. The Morgan fingerprint density at radius 3 is 2.48 bits per heavy atom. The molecule has 7 nitrogen and oxygen atoms in total. The summed E-state index contributed by atoms with van der Waals surface area (Å²) < 4.78 is 31.7. The van der Waals surface area contributed by atoms with Gasteiger partial charge in [0.15, 0.2) is 0 Å². The molecule has 8 heteroatoms. The Morgan fingerprint density at radius 2 is 1.79 bits per heavy atom. The van der Waals surface area contributed by atoms with E-state index < -0.39 is 15.9 Å². The standard InChI is InChI=1S/C21H23N3O4S/c1-28-20-9-3-2-7-17(20)8-6-14-22-23-21(25)18-10-12-19(13-11-18)29(26,27)24-15-4-5-16-24/h2-3,6-14H,4-5,15-16H2,1H3,(H,23,25)/b8-6+,22-14-. The average Bonchev–Trinajstić information content (AvgIpc) is 3.29. The maximum Gasteiger partial charge on any atom is 0.271 e. The van der Waals surface area contributed by atoms with Crippen LogP contribution >= 0.6 is 0 Å². The van der Waals surface area contributed by atoms with Crippen LogP contribution in [0.15, 0.2) is 64.6 Å². The second-order valence-electron chi connectivity index (χ2n) is 6.46. The highest BCUT2D eigenvalue weighted by Gasteiger charge is 2.27. The van der Waals surface area contributed by atoms with Gasteiger partial charge in [0, 0.05) is 30.4 Å². The lowest BCUT2D eigenvalue weighted by atomic mass is 10.2. The topological polar surface area (TPSA) is 88.1 Å². The maximum absolute atomic E-state index is 12.5. The van der Waals surface area contributed by atoms with Crippen LogP contribution in [-0.4, -0.2) is 45.0 Å². The van der Waals surface area contributed by atoms with Crippen molar-refractivity contribution in [3.8, 4) is 5.75 Å². The van der Waals surface area contributed by atoms with Crippen molar-refractivity contribution >= 4 is 28.2 Å². The van der Waals surface area contributed by atoms with Crippen LogP contribution in [0.2, 0.25) is 0 Å². The van der Waals surface area contributed by atoms with Crippen molar-refractivity contribution in [1.29, 1.82) is 0 Å². The number of sulfonamides is 1. The molecule has 2 aromatic carbocycles. The lowest BCUT2D eigenvalue weighted by Crippen LogP contribution is -2.28. The molecule has 0 radical (unpaired) electrons. The largest absolute Gasteiger partial charge is 0.496 e. The molecule has 0 saturated carbocycles. The van der Waals surface area contributed by atoms with Gasteiger partial charge >= 0.3 is 0 Å². The van der Waals surface area contributed by atoms with Gasteiger partial charge in [-0.1, -0.05) is 18.2 Å². The zero-order chi connectivity index (χ0) is 20.7. The summed E-state index contributed by atoms with van der Waals surface area (Å²) in [6.45, 7) is 1.09. The summed E-state index contributed by atoms with van der Waals surface area (Å²) in [5, 5.41) is 3.87. The first-order valence-electron chi connectivity index (χ1n) is 9.25. The fraction of sp³-hybridized carbons (Fsp3) is 0.238. The van der Waals surface area contributed by atoms with E-state index in [0.29, 0.717) is 18.7 Å². The van der Waals surface area contributed by atoms with Crippen LogP contribution in [0.4, 0.5) is 0 Å². The summed E-state index contributed by atoms with van der Waals surface area (Å²) in [4.78, 5) is 12.4. The summed E-state index contributed by atoms with van der Waals surface area (Å²) in [5.74, 6) is 0.322. The number of carbonyl (C=O) groups excluding carboxylic acids is 1. The van der Waals surface area contributed by atoms with Gasteiger partial charge in [0.25, 0.3) is 5.91 Å². The van der Waals surface area contributed by atoms with Gasteiger partial charge in [-0.25, -0.2) is 13.8 Å². The third-order valence-corrected chi connectivity index (χ3v) is 6.47. The molecule has 0 aromatic heterocycles. The van der Waals surface area contributed by atoms with E-state index in [4.69, 9.17) is 4.74 Å². The van der Waals surface area contributed by atoms with Crippen LogP contribution in [0.3, 0.4) is 0 Å². The zero-order valence-corrected chi connectivity index (χ0v) is 16.9. The minimum atomic E-state index is -3.48. The van der Waals surface area contributed by atoms with Crippen LogP contribution in [0.5, 0.6) is 5.75 Å². The second-order valence-corrected chi connectivity index (χ2v) is 8.39. The second kappa shape index (κ2) is 9.49. The van der Waals surface area contributed by atoms with Gasteiger partial charge in [0.05, 0.1) is 12.0 Å². The van der Waals surface area contributed by atoms with Gasteiger partial charge in [-0.3, -0.25) is 4.79 Å². The number of rotatable bonds is 7. The van der Waals surface area contributed by atoms with Crippen LogP contribution in [-0.2, 0) is 10.0 Å². The van der Waals surface area contributed by atoms with Crippen molar-refractivity contribution in [2.75, 3.05) is 20.2 Å². The Hall–Kier alpha value is -2.97. The van der Waals surface area contributed by atoms with Crippen molar-refractivity contribution in [2.45, 2.75) is 17.7 Å². The number of ether oxygens (including phenoxy) is 1. The fourth-order valence-electron chi connectivity index (χ4n) is 3.01. The number of para-hydroxylation sites is 1. The molecular weight excluding hydrogens is 390 g/mol. The van der Waals surface area contributed by atoms with Crippen molar-refractivity contribution < 1.29 is 17.9 Å². The lowest BCUT2D eigenvalue weighted by Gasteiger charge is -2.15. The van der Waals surface area contributed by atoms with E-state index >= 15 is 0 Å². The molecule has 3 rings (SSSR count). The SMILES string of the molecule is COc1ccccc1/C=C/C=N\NC(=O)c1ccc(S(=O)(=O)N2CCCC2)cc1. The Morgan fingerprint density at radius 1 is 1.10 bits per heavy atom. The minimum Gasteiger partial charge on any atom is -0.496 e. The predicted octanol–water partition coefficient (Wildman–Crippen LogP) is 2.91. The van der Waals surface area contributed by atoms with Gasteiger partial charge in [0.2, 0.25) is 10.0 Å². The van der Waals surface area contributed by atoms with E-state index in [1.165, 1.54) is 34.8 Å². The minimum absolute atomic E-state index is 0.194. The van der Waals surface area contributed by atoms with Crippen LogP contribution in [0.25, 0.3) is 6.08 Å². The number of amides is 1. The number of carbonyl (C=O) groups is 1. The molecule has 2 aromatic rings. The first-order chi connectivity index (χ1) is 14.0. The monoisotopic (exact) mass is 413 g/mol. The molecule has 0 atom stereocenters. The highest BCUT2D eigenvalue weighted by atomic mass is 32.2. The van der Waals surface area contributed by atoms with E-state index in [2.05, 4.69) is 10.5 Å². The van der Waals surface area contributed by atoms with Crippen molar-refractivity contribution in [3.05, 3.63) is 65.7 Å². The van der Waals surface area contributed by atoms with E-state index in [1.807, 2.05) is 30.3 Å². The van der Waals surface area contributed by atoms with E-state index in [9.17, 15) is 13.2 Å². The molecule has 0 bridgehead atoms. The number of allylic oxidation sites excluding steroid dienone is 1. The summed E-state index contributed by atoms with van der Waals surface area (Å²) in [7, 11) is -1.89. The number of hydrazone groups is 1. The van der Waals surface area contributed by atoms with Gasteiger partial charge in [-0.15, -0.1) is 0 Å². The van der Waals surface area contributed by atoms with Crippen molar-refractivity contribution in [1.82, 2.24) is 9.73 Å². The molecule has 1 saturated heterocycles. The number of hydrogen-bond acceptors (Lipinski definition) is 5. The Labute approximate surface area is 170 Å². The third-order valence-electron chi connectivity index (χ3n) is 4.56. The molecule has 1 aliphatic heterocycles. The fourth-order valence-corrected chi connectivity index (χ4v) is 4.53. The molecule has 152 valence electrons. The summed E-state index contributed by atoms with van der Waals surface area (Å²) in [6.07, 6.45) is 6.71. The maximum atomic E-state index is 12.5. The number of benzene rings is 2. The van der Waals surface area contributed by atoms with Crippen LogP contribution in [0, 0.1) is 0 Å². The lowest BCUT2D eigenvalue weighted by molar-refractivity contribution is 0.0955. The Bertz CT molecular complexity index is 1010. The van der Waals surface area contributed by atoms with Crippen molar-refractivity contribution in [3.63, 3.8) is 0 Å². The van der Waals surface area contributed by atoms with E-state index in [1.54, 1.807) is 13.2 Å². The number of methoxy groups -OCH3 is 1. The third kappa shape index (κ3) is 5.10. The predicted molar refractivity (Wildman–Crippen MR) is 112 cm³/mol. The Kier molecular flexibility index (Phi) is 6.79. The molecule has 0 spiro atoms. The molecule has 1 heterocycles.